The average molecular weight is 313 g/mol. The number of hydrogen-bond acceptors (Lipinski definition) is 3. The van der Waals surface area contributed by atoms with Crippen LogP contribution >= 0.6 is 11.6 Å². The van der Waals surface area contributed by atoms with Crippen LogP contribution in [-0.2, 0) is 0 Å². The number of halogens is 2. The van der Waals surface area contributed by atoms with Crippen LogP contribution in [0.15, 0.2) is 42.5 Å². The Morgan fingerprint density at radius 3 is 2.68 bits per heavy atom. The third kappa shape index (κ3) is 2.34. The molecule has 0 spiro atoms. The second-order valence-corrected chi connectivity index (χ2v) is 5.16. The molecule has 4 nitrogen and oxygen atoms in total. The lowest BCUT2D eigenvalue weighted by atomic mass is 10.1. The molecule has 0 aliphatic heterocycles. The molecule has 0 fully saturated rings. The van der Waals surface area contributed by atoms with Crippen molar-refractivity contribution >= 4 is 11.6 Å². The highest BCUT2D eigenvalue weighted by Gasteiger charge is 2.19. The quantitative estimate of drug-likeness (QED) is 0.721. The zero-order valence-corrected chi connectivity index (χ0v) is 12.3. The summed E-state index contributed by atoms with van der Waals surface area (Å²) < 4.78 is 15.6. The highest BCUT2D eigenvalue weighted by Crippen LogP contribution is 2.29. The maximum atomic E-state index is 14.1. The third-order valence-electron chi connectivity index (χ3n) is 3.29. The molecule has 0 aliphatic rings. The molecule has 0 atom stereocenters. The molecule has 3 aromatic rings. The maximum absolute atomic E-state index is 14.1. The number of hydrogen-bond donors (Lipinski definition) is 0. The first kappa shape index (κ1) is 14.2. The van der Waals surface area contributed by atoms with Crippen LogP contribution in [-0.4, -0.2) is 15.0 Å². The summed E-state index contributed by atoms with van der Waals surface area (Å²) in [4.78, 5) is 0. The van der Waals surface area contributed by atoms with E-state index in [1.807, 2.05) is 13.0 Å². The second-order valence-electron chi connectivity index (χ2n) is 4.72. The fourth-order valence-electron chi connectivity index (χ4n) is 2.28. The van der Waals surface area contributed by atoms with Crippen molar-refractivity contribution in [2.24, 2.45) is 0 Å². The Morgan fingerprint density at radius 2 is 2.00 bits per heavy atom. The van der Waals surface area contributed by atoms with Crippen LogP contribution < -0.4 is 0 Å². The zero-order valence-electron chi connectivity index (χ0n) is 11.6. The summed E-state index contributed by atoms with van der Waals surface area (Å²) in [6.45, 7) is 1.86. The summed E-state index contributed by atoms with van der Waals surface area (Å²) in [5.74, 6) is -0.436. The van der Waals surface area contributed by atoms with Gasteiger partial charge in [0, 0.05) is 10.6 Å². The molecule has 0 aliphatic carbocycles. The van der Waals surface area contributed by atoms with Crippen molar-refractivity contribution in [3.8, 4) is 23.0 Å². The van der Waals surface area contributed by atoms with Gasteiger partial charge in [-0.3, -0.25) is 0 Å². The second kappa shape index (κ2) is 5.58. The van der Waals surface area contributed by atoms with Gasteiger partial charge in [-0.05, 0) is 42.8 Å². The third-order valence-corrected chi connectivity index (χ3v) is 3.53. The Morgan fingerprint density at radius 1 is 1.23 bits per heavy atom. The van der Waals surface area contributed by atoms with Crippen molar-refractivity contribution in [1.82, 2.24) is 15.0 Å². The molecule has 6 heteroatoms. The zero-order chi connectivity index (χ0) is 15.7. The van der Waals surface area contributed by atoms with Gasteiger partial charge in [-0.25, -0.2) is 9.07 Å². The summed E-state index contributed by atoms with van der Waals surface area (Å²) in [5.41, 5.74) is 2.21. The van der Waals surface area contributed by atoms with E-state index in [9.17, 15) is 9.65 Å². The summed E-state index contributed by atoms with van der Waals surface area (Å²) in [6.07, 6.45) is 0. The van der Waals surface area contributed by atoms with E-state index in [0.29, 0.717) is 16.4 Å². The van der Waals surface area contributed by atoms with E-state index in [1.54, 1.807) is 36.4 Å². The largest absolute Gasteiger partial charge is 0.211 e. The number of benzene rings is 2. The minimum Gasteiger partial charge on any atom is -0.211 e. The summed E-state index contributed by atoms with van der Waals surface area (Å²) in [7, 11) is 0. The molecule has 0 radical (unpaired) electrons. The Bertz CT molecular complexity index is 895. The van der Waals surface area contributed by atoms with Crippen LogP contribution in [0.2, 0.25) is 5.02 Å². The number of aromatic nitrogens is 3. The molecular formula is C16H10ClFN4. The summed E-state index contributed by atoms with van der Waals surface area (Å²) in [5, 5.41) is 17.7. The Kier molecular flexibility index (Phi) is 3.61. The van der Waals surface area contributed by atoms with Crippen LogP contribution in [0.1, 0.15) is 11.3 Å². The molecule has 1 heterocycles. The van der Waals surface area contributed by atoms with Gasteiger partial charge in [-0.2, -0.15) is 5.26 Å². The van der Waals surface area contributed by atoms with E-state index in [2.05, 4.69) is 10.3 Å². The standard InChI is InChI=1S/C16H10ClFN4/c1-10-8-11(17)6-7-15(10)22-16(14(9-19)20-21-22)12-4-2-3-5-13(12)18/h2-8H,1H3. The molecule has 2 aromatic carbocycles. The van der Waals surface area contributed by atoms with E-state index in [4.69, 9.17) is 11.6 Å². The first-order valence-corrected chi connectivity index (χ1v) is 6.87. The fourth-order valence-corrected chi connectivity index (χ4v) is 2.50. The van der Waals surface area contributed by atoms with E-state index in [1.165, 1.54) is 10.7 Å². The number of nitriles is 1. The van der Waals surface area contributed by atoms with Gasteiger partial charge in [0.25, 0.3) is 0 Å². The highest BCUT2D eigenvalue weighted by molar-refractivity contribution is 6.30. The summed E-state index contributed by atoms with van der Waals surface area (Å²) >= 11 is 5.96. The molecule has 0 unspecified atom stereocenters. The molecule has 0 bridgehead atoms. The van der Waals surface area contributed by atoms with Crippen LogP contribution in [0.5, 0.6) is 0 Å². The Hall–Kier alpha value is -2.71. The Balaban J connectivity index is 2.29. The smallest absolute Gasteiger partial charge is 0.191 e. The topological polar surface area (TPSA) is 54.5 Å². The number of aryl methyl sites for hydroxylation is 1. The van der Waals surface area contributed by atoms with E-state index in [-0.39, 0.29) is 11.3 Å². The normalized spacial score (nSPS) is 10.5. The van der Waals surface area contributed by atoms with E-state index in [0.717, 1.165) is 5.56 Å². The van der Waals surface area contributed by atoms with Gasteiger partial charge in [0.1, 0.15) is 17.6 Å². The van der Waals surface area contributed by atoms with Crippen LogP contribution in [0.3, 0.4) is 0 Å². The predicted molar refractivity (Wildman–Crippen MR) is 81.2 cm³/mol. The molecule has 0 N–H and O–H groups in total. The van der Waals surface area contributed by atoms with Gasteiger partial charge in [0.15, 0.2) is 5.69 Å². The van der Waals surface area contributed by atoms with Crippen molar-refractivity contribution in [3.05, 3.63) is 64.6 Å². The number of rotatable bonds is 2. The lowest BCUT2D eigenvalue weighted by Crippen LogP contribution is -2.03. The van der Waals surface area contributed by atoms with Gasteiger partial charge < -0.3 is 0 Å². The van der Waals surface area contributed by atoms with Crippen LogP contribution in [0, 0.1) is 24.1 Å². The predicted octanol–water partition coefficient (Wildman–Crippen LogP) is 3.91. The van der Waals surface area contributed by atoms with Crippen molar-refractivity contribution < 1.29 is 4.39 Å². The van der Waals surface area contributed by atoms with Crippen molar-refractivity contribution in [2.45, 2.75) is 6.92 Å². The SMILES string of the molecule is Cc1cc(Cl)ccc1-n1nnc(C#N)c1-c1ccccc1F. The lowest BCUT2D eigenvalue weighted by molar-refractivity contribution is 0.629. The molecule has 108 valence electrons. The Labute approximate surface area is 131 Å². The van der Waals surface area contributed by atoms with Crippen molar-refractivity contribution in [3.63, 3.8) is 0 Å². The molecule has 0 amide bonds. The first-order valence-electron chi connectivity index (χ1n) is 6.49. The molecule has 0 saturated carbocycles. The van der Waals surface area contributed by atoms with Crippen molar-refractivity contribution in [2.75, 3.05) is 0 Å². The van der Waals surface area contributed by atoms with Crippen molar-refractivity contribution in [1.29, 1.82) is 5.26 Å². The van der Waals surface area contributed by atoms with Gasteiger partial charge >= 0.3 is 0 Å². The van der Waals surface area contributed by atoms with Gasteiger partial charge in [-0.15, -0.1) is 5.10 Å². The number of nitrogens with zero attached hydrogens (tertiary/aromatic N) is 4. The van der Waals surface area contributed by atoms with Crippen LogP contribution in [0.4, 0.5) is 4.39 Å². The summed E-state index contributed by atoms with van der Waals surface area (Å²) in [6, 6.07) is 13.4. The molecular weight excluding hydrogens is 303 g/mol. The van der Waals surface area contributed by atoms with Gasteiger partial charge in [0.2, 0.25) is 0 Å². The lowest BCUT2D eigenvalue weighted by Gasteiger charge is -2.10. The molecule has 0 saturated heterocycles. The first-order chi connectivity index (χ1) is 10.6. The van der Waals surface area contributed by atoms with E-state index < -0.39 is 5.82 Å². The minimum absolute atomic E-state index is 0.0689. The van der Waals surface area contributed by atoms with E-state index >= 15 is 0 Å². The van der Waals surface area contributed by atoms with Crippen LogP contribution in [0.25, 0.3) is 16.9 Å². The monoisotopic (exact) mass is 312 g/mol. The van der Waals surface area contributed by atoms with Gasteiger partial charge in [-0.1, -0.05) is 28.9 Å². The fraction of sp³-hybridized carbons (Fsp3) is 0.0625. The minimum atomic E-state index is -0.436. The molecule has 3 rings (SSSR count). The highest BCUT2D eigenvalue weighted by atomic mass is 35.5. The maximum Gasteiger partial charge on any atom is 0.191 e. The van der Waals surface area contributed by atoms with Gasteiger partial charge in [0.05, 0.1) is 5.69 Å². The molecule has 1 aromatic heterocycles. The average Bonchev–Trinajstić information content (AvgIpc) is 2.91. The molecule has 22 heavy (non-hydrogen) atoms.